The van der Waals surface area contributed by atoms with Crippen molar-refractivity contribution in [1.29, 1.82) is 0 Å². The third kappa shape index (κ3) is 1.87. The van der Waals surface area contributed by atoms with Crippen LogP contribution >= 0.6 is 0 Å². The minimum Gasteiger partial charge on any atom is -0.0871 e. The summed E-state index contributed by atoms with van der Waals surface area (Å²) in [6.07, 6.45) is 12.1. The zero-order valence-electron chi connectivity index (χ0n) is 6.67. The maximum atomic E-state index is 2.28. The Kier molecular flexibility index (Phi) is 2.49. The maximum Gasteiger partial charge on any atom is -0.0224 e. The molecule has 0 nitrogen and oxygen atoms in total. The van der Waals surface area contributed by atoms with Crippen LogP contribution in [-0.2, 0) is 0 Å². The van der Waals surface area contributed by atoms with Crippen molar-refractivity contribution in [3.05, 3.63) is 36.0 Å². The summed E-state index contributed by atoms with van der Waals surface area (Å²) >= 11 is 0. The van der Waals surface area contributed by atoms with Gasteiger partial charge >= 0.3 is 0 Å². The van der Waals surface area contributed by atoms with Crippen LogP contribution in [0, 0.1) is 5.92 Å². The first-order valence-electron chi connectivity index (χ1n) is 3.84. The molecule has 0 heteroatoms. The SMILES string of the molecule is CC=CC1=CCC(C)C=C1. The molecule has 10 heavy (non-hydrogen) atoms. The second-order valence-electron chi connectivity index (χ2n) is 2.78. The van der Waals surface area contributed by atoms with E-state index >= 15 is 0 Å². The van der Waals surface area contributed by atoms with Crippen LogP contribution in [0.2, 0.25) is 0 Å². The lowest BCUT2D eigenvalue weighted by atomic mass is 9.98. The normalized spacial score (nSPS) is 25.4. The van der Waals surface area contributed by atoms with E-state index in [0.717, 1.165) is 5.92 Å². The molecule has 0 radical (unpaired) electrons. The lowest BCUT2D eigenvalue weighted by Gasteiger charge is -2.07. The number of allylic oxidation sites excluding steroid dienone is 6. The quantitative estimate of drug-likeness (QED) is 0.517. The van der Waals surface area contributed by atoms with Gasteiger partial charge in [-0.15, -0.1) is 0 Å². The molecule has 1 aliphatic rings. The molecule has 0 saturated heterocycles. The van der Waals surface area contributed by atoms with Gasteiger partial charge in [0.15, 0.2) is 0 Å². The average Bonchev–Trinajstić information content (AvgIpc) is 1.95. The van der Waals surface area contributed by atoms with Crippen molar-refractivity contribution in [3.63, 3.8) is 0 Å². The lowest BCUT2D eigenvalue weighted by molar-refractivity contribution is 0.733. The molecule has 0 heterocycles. The second-order valence-corrected chi connectivity index (χ2v) is 2.78. The van der Waals surface area contributed by atoms with Gasteiger partial charge < -0.3 is 0 Å². The van der Waals surface area contributed by atoms with Crippen LogP contribution in [0.3, 0.4) is 0 Å². The predicted molar refractivity (Wildman–Crippen MR) is 45.8 cm³/mol. The van der Waals surface area contributed by atoms with Gasteiger partial charge in [0.2, 0.25) is 0 Å². The Labute approximate surface area is 62.9 Å². The molecule has 1 rings (SSSR count). The highest BCUT2D eigenvalue weighted by molar-refractivity contribution is 5.33. The van der Waals surface area contributed by atoms with Crippen molar-refractivity contribution in [2.24, 2.45) is 5.92 Å². The highest BCUT2D eigenvalue weighted by Crippen LogP contribution is 2.15. The number of hydrogen-bond acceptors (Lipinski definition) is 0. The molecule has 0 saturated carbocycles. The van der Waals surface area contributed by atoms with Gasteiger partial charge in [0.05, 0.1) is 0 Å². The molecule has 54 valence electrons. The molecule has 1 aliphatic carbocycles. The van der Waals surface area contributed by atoms with Gasteiger partial charge in [0, 0.05) is 0 Å². The topological polar surface area (TPSA) is 0 Å². The second kappa shape index (κ2) is 3.40. The summed E-state index contributed by atoms with van der Waals surface area (Å²) in [6, 6.07) is 0. The van der Waals surface area contributed by atoms with Gasteiger partial charge in [-0.25, -0.2) is 0 Å². The molecule has 0 bridgehead atoms. The van der Waals surface area contributed by atoms with Crippen LogP contribution < -0.4 is 0 Å². The average molecular weight is 134 g/mol. The smallest absolute Gasteiger partial charge is 0.0224 e. The van der Waals surface area contributed by atoms with E-state index in [1.165, 1.54) is 12.0 Å². The summed E-state index contributed by atoms with van der Waals surface area (Å²) in [5.74, 6) is 0.731. The van der Waals surface area contributed by atoms with Crippen molar-refractivity contribution in [1.82, 2.24) is 0 Å². The highest BCUT2D eigenvalue weighted by atomic mass is 14.0. The van der Waals surface area contributed by atoms with Crippen molar-refractivity contribution in [2.45, 2.75) is 20.3 Å². The van der Waals surface area contributed by atoms with E-state index in [0.29, 0.717) is 0 Å². The molecule has 1 atom stereocenters. The Morgan fingerprint density at radius 2 is 2.40 bits per heavy atom. The van der Waals surface area contributed by atoms with Crippen LogP contribution in [0.25, 0.3) is 0 Å². The summed E-state index contributed by atoms with van der Waals surface area (Å²) in [7, 11) is 0. The molecule has 0 spiro atoms. The summed E-state index contributed by atoms with van der Waals surface area (Å²) in [5, 5.41) is 0. The van der Waals surface area contributed by atoms with Gasteiger partial charge in [0.25, 0.3) is 0 Å². The van der Waals surface area contributed by atoms with E-state index in [2.05, 4.69) is 37.3 Å². The molecule has 0 aliphatic heterocycles. The van der Waals surface area contributed by atoms with E-state index < -0.39 is 0 Å². The van der Waals surface area contributed by atoms with Crippen LogP contribution in [-0.4, -0.2) is 0 Å². The molecule has 0 aromatic rings. The van der Waals surface area contributed by atoms with Crippen LogP contribution in [0.4, 0.5) is 0 Å². The Hall–Kier alpha value is -0.780. The molecule has 0 aromatic carbocycles. The molecule has 0 fully saturated rings. The third-order valence-electron chi connectivity index (χ3n) is 1.70. The van der Waals surface area contributed by atoms with Crippen molar-refractivity contribution in [3.8, 4) is 0 Å². The zero-order chi connectivity index (χ0) is 7.40. The number of hydrogen-bond donors (Lipinski definition) is 0. The lowest BCUT2D eigenvalue weighted by Crippen LogP contribution is -1.92. The largest absolute Gasteiger partial charge is 0.0871 e. The maximum absolute atomic E-state index is 2.28. The van der Waals surface area contributed by atoms with Crippen LogP contribution in [0.1, 0.15) is 20.3 Å². The van der Waals surface area contributed by atoms with Gasteiger partial charge in [-0.05, 0) is 24.8 Å². The summed E-state index contributed by atoms with van der Waals surface area (Å²) in [5.41, 5.74) is 1.35. The fourth-order valence-electron chi connectivity index (χ4n) is 1.06. The molecular formula is C10H14. The predicted octanol–water partition coefficient (Wildman–Crippen LogP) is 3.08. The fourth-order valence-corrected chi connectivity index (χ4v) is 1.06. The van der Waals surface area contributed by atoms with Gasteiger partial charge in [-0.2, -0.15) is 0 Å². The minimum absolute atomic E-state index is 0.731. The van der Waals surface area contributed by atoms with Gasteiger partial charge in [0.1, 0.15) is 0 Å². The molecule has 0 N–H and O–H groups in total. The van der Waals surface area contributed by atoms with E-state index in [-0.39, 0.29) is 0 Å². The van der Waals surface area contributed by atoms with Gasteiger partial charge in [-0.1, -0.05) is 37.3 Å². The van der Waals surface area contributed by atoms with Crippen molar-refractivity contribution in [2.75, 3.05) is 0 Å². The first-order valence-corrected chi connectivity index (χ1v) is 3.84. The first-order chi connectivity index (χ1) is 4.83. The molecule has 1 unspecified atom stereocenters. The minimum atomic E-state index is 0.731. The van der Waals surface area contributed by atoms with E-state index in [4.69, 9.17) is 0 Å². The van der Waals surface area contributed by atoms with E-state index in [1.54, 1.807) is 0 Å². The Bertz CT molecular complexity index is 182. The fraction of sp³-hybridized carbons (Fsp3) is 0.400. The Morgan fingerprint density at radius 1 is 1.60 bits per heavy atom. The van der Waals surface area contributed by atoms with E-state index in [9.17, 15) is 0 Å². The monoisotopic (exact) mass is 134 g/mol. The molecular weight excluding hydrogens is 120 g/mol. The standard InChI is InChI=1S/C10H14/c1-3-4-10-7-5-9(2)6-8-10/h3-5,7-9H,6H2,1-2H3. The van der Waals surface area contributed by atoms with Gasteiger partial charge in [-0.3, -0.25) is 0 Å². The number of rotatable bonds is 1. The van der Waals surface area contributed by atoms with Crippen LogP contribution in [0.5, 0.6) is 0 Å². The highest BCUT2D eigenvalue weighted by Gasteiger charge is 1.99. The first kappa shape index (κ1) is 7.33. The summed E-state index contributed by atoms with van der Waals surface area (Å²) < 4.78 is 0. The Morgan fingerprint density at radius 3 is 2.90 bits per heavy atom. The van der Waals surface area contributed by atoms with E-state index in [1.807, 2.05) is 6.92 Å². The third-order valence-corrected chi connectivity index (χ3v) is 1.70. The molecule has 0 aromatic heterocycles. The Balaban J connectivity index is 2.58. The zero-order valence-corrected chi connectivity index (χ0v) is 6.67. The summed E-state index contributed by atoms with van der Waals surface area (Å²) in [6.45, 7) is 4.28. The molecule has 0 amide bonds. The van der Waals surface area contributed by atoms with Crippen LogP contribution in [0.15, 0.2) is 36.0 Å². The van der Waals surface area contributed by atoms with Crippen molar-refractivity contribution < 1.29 is 0 Å². The summed E-state index contributed by atoms with van der Waals surface area (Å²) in [4.78, 5) is 0. The van der Waals surface area contributed by atoms with Crippen molar-refractivity contribution >= 4 is 0 Å².